The molecule has 0 radical (unpaired) electrons. The van der Waals surface area contributed by atoms with Gasteiger partial charge in [0, 0.05) is 18.0 Å². The quantitative estimate of drug-likeness (QED) is 0.280. The first kappa shape index (κ1) is 25.8. The van der Waals surface area contributed by atoms with Gasteiger partial charge in [0.15, 0.2) is 0 Å². The monoisotopic (exact) mass is 517 g/mol. The van der Waals surface area contributed by atoms with Crippen LogP contribution < -0.4 is 16.6 Å². The van der Waals surface area contributed by atoms with E-state index in [0.717, 1.165) is 33.6 Å². The van der Waals surface area contributed by atoms with Crippen LogP contribution in [0, 0.1) is 20.8 Å². The van der Waals surface area contributed by atoms with E-state index >= 15 is 0 Å². The molecule has 3 N–H and O–H groups in total. The Kier molecular flexibility index (Phi) is 7.19. The molecule has 0 spiro atoms. The summed E-state index contributed by atoms with van der Waals surface area (Å²) >= 11 is 0. The minimum Gasteiger partial charge on any atom is -0.368 e. The topological polar surface area (TPSA) is 112 Å². The Morgan fingerprint density at radius 1 is 0.949 bits per heavy atom. The summed E-state index contributed by atoms with van der Waals surface area (Å²) in [7, 11) is 0. The number of pyridine rings is 1. The molecule has 39 heavy (non-hydrogen) atoms. The third kappa shape index (κ3) is 5.13. The zero-order valence-corrected chi connectivity index (χ0v) is 22.5. The number of aromatic nitrogens is 5. The maximum atomic E-state index is 13.9. The number of aryl methyl sites for hydroxylation is 3. The molecule has 0 amide bonds. The lowest BCUT2D eigenvalue weighted by Crippen LogP contribution is -2.29. The Morgan fingerprint density at radius 2 is 1.74 bits per heavy atom. The molecule has 0 saturated carbocycles. The number of para-hydroxylation sites is 1. The number of rotatable bonds is 7. The second-order valence-electron chi connectivity index (χ2n) is 9.52. The highest BCUT2D eigenvalue weighted by molar-refractivity contribution is 5.82. The van der Waals surface area contributed by atoms with Crippen LogP contribution in [0.2, 0.25) is 0 Å². The summed E-state index contributed by atoms with van der Waals surface area (Å²) in [5, 5.41) is 4.15. The Bertz CT molecular complexity index is 1740. The van der Waals surface area contributed by atoms with Crippen molar-refractivity contribution < 1.29 is 0 Å². The van der Waals surface area contributed by atoms with Gasteiger partial charge < -0.3 is 11.1 Å². The lowest BCUT2D eigenvalue weighted by Gasteiger charge is -2.23. The molecule has 196 valence electrons. The summed E-state index contributed by atoms with van der Waals surface area (Å²) in [6.45, 7) is 7.92. The van der Waals surface area contributed by atoms with Gasteiger partial charge in [-0.1, -0.05) is 43.3 Å². The van der Waals surface area contributed by atoms with E-state index in [1.807, 2.05) is 101 Å². The number of hydrogen-bond donors (Lipinski definition) is 2. The molecule has 2 aromatic carbocycles. The summed E-state index contributed by atoms with van der Waals surface area (Å²) in [6.07, 6.45) is 8.20. The molecule has 0 aliphatic carbocycles. The van der Waals surface area contributed by atoms with Crippen LogP contribution in [0.5, 0.6) is 0 Å². The number of hydrogen-bond acceptors (Lipinski definition) is 7. The van der Waals surface area contributed by atoms with Gasteiger partial charge in [-0.15, -0.1) is 0 Å². The summed E-state index contributed by atoms with van der Waals surface area (Å²) in [5.41, 5.74) is 11.9. The number of nitrogens with two attached hydrogens (primary N) is 1. The predicted octanol–water partition coefficient (Wildman–Crippen LogP) is 5.81. The molecule has 8 nitrogen and oxygen atoms in total. The van der Waals surface area contributed by atoms with Crippen LogP contribution in [-0.2, 0) is 0 Å². The van der Waals surface area contributed by atoms with E-state index in [0.29, 0.717) is 29.0 Å². The summed E-state index contributed by atoms with van der Waals surface area (Å²) in [4.78, 5) is 32.1. The highest BCUT2D eigenvalue weighted by Crippen LogP contribution is 2.28. The minimum atomic E-state index is -0.344. The first-order valence-electron chi connectivity index (χ1n) is 12.9. The van der Waals surface area contributed by atoms with Gasteiger partial charge in [-0.2, -0.15) is 4.98 Å². The van der Waals surface area contributed by atoms with Crippen molar-refractivity contribution in [2.24, 2.45) is 0 Å². The van der Waals surface area contributed by atoms with Crippen molar-refractivity contribution >= 4 is 34.8 Å². The number of anilines is 2. The lowest BCUT2D eigenvalue weighted by atomic mass is 10.1. The molecule has 0 aliphatic heterocycles. The summed E-state index contributed by atoms with van der Waals surface area (Å²) in [6, 6.07) is 17.0. The van der Waals surface area contributed by atoms with E-state index in [1.165, 1.54) is 0 Å². The van der Waals surface area contributed by atoms with Gasteiger partial charge >= 0.3 is 0 Å². The van der Waals surface area contributed by atoms with Crippen LogP contribution in [0.15, 0.2) is 71.8 Å². The molecule has 3 heterocycles. The van der Waals surface area contributed by atoms with Gasteiger partial charge in [-0.3, -0.25) is 14.3 Å². The average Bonchev–Trinajstić information content (AvgIpc) is 2.92. The molecule has 0 fully saturated rings. The maximum absolute atomic E-state index is 13.9. The average molecular weight is 518 g/mol. The van der Waals surface area contributed by atoms with Gasteiger partial charge in [0.25, 0.3) is 5.56 Å². The number of benzene rings is 2. The maximum Gasteiger partial charge on any atom is 0.266 e. The Morgan fingerprint density at radius 3 is 2.49 bits per heavy atom. The van der Waals surface area contributed by atoms with Gasteiger partial charge in [0.1, 0.15) is 11.6 Å². The highest BCUT2D eigenvalue weighted by Gasteiger charge is 2.22. The molecule has 8 heteroatoms. The van der Waals surface area contributed by atoms with Crippen molar-refractivity contribution in [1.29, 1.82) is 0 Å². The molecule has 3 aromatic heterocycles. The van der Waals surface area contributed by atoms with Crippen molar-refractivity contribution in [1.82, 2.24) is 24.5 Å². The first-order chi connectivity index (χ1) is 18.9. The van der Waals surface area contributed by atoms with E-state index in [2.05, 4.69) is 20.3 Å². The zero-order valence-electron chi connectivity index (χ0n) is 22.5. The van der Waals surface area contributed by atoms with Crippen LogP contribution in [0.3, 0.4) is 0 Å². The Balaban J connectivity index is 1.66. The van der Waals surface area contributed by atoms with Crippen LogP contribution >= 0.6 is 0 Å². The molecule has 0 saturated heterocycles. The first-order valence-corrected chi connectivity index (χ1v) is 12.9. The number of nitrogens with one attached hydrogen (secondary N) is 1. The van der Waals surface area contributed by atoms with Crippen molar-refractivity contribution in [3.05, 3.63) is 111 Å². The lowest BCUT2D eigenvalue weighted by molar-refractivity contribution is 0.658. The van der Waals surface area contributed by atoms with Gasteiger partial charge in [-0.25, -0.2) is 9.97 Å². The molecular weight excluding hydrogens is 486 g/mol. The zero-order chi connectivity index (χ0) is 27.5. The van der Waals surface area contributed by atoms with Crippen molar-refractivity contribution in [3.63, 3.8) is 0 Å². The second-order valence-corrected chi connectivity index (χ2v) is 9.52. The van der Waals surface area contributed by atoms with Crippen LogP contribution in [0.4, 0.5) is 11.8 Å². The fraction of sp³-hybridized carbons (Fsp3) is 0.194. The summed E-state index contributed by atoms with van der Waals surface area (Å²) < 4.78 is 1.70. The van der Waals surface area contributed by atoms with E-state index in [-0.39, 0.29) is 17.5 Å². The van der Waals surface area contributed by atoms with Gasteiger partial charge in [0.05, 0.1) is 28.3 Å². The van der Waals surface area contributed by atoms with Crippen molar-refractivity contribution in [2.45, 2.75) is 40.2 Å². The van der Waals surface area contributed by atoms with Crippen molar-refractivity contribution in [3.8, 4) is 5.69 Å². The Hall–Kier alpha value is -4.85. The molecule has 0 aliphatic rings. The third-order valence-electron chi connectivity index (χ3n) is 6.84. The van der Waals surface area contributed by atoms with Crippen LogP contribution in [0.1, 0.15) is 53.2 Å². The standard InChI is InChI=1S/C31H31N7O/c1-5-25(35-28-24(21(4)34-31(32)37-28)15-14-22-18-33-17-16-19(22)2)29-36-26-13-9-10-20(3)27(26)30(39)38(29)23-11-7-6-8-12-23/h6-18,25H,5H2,1-4H3,(H3,32,34,35,37). The van der Waals surface area contributed by atoms with E-state index in [1.54, 1.807) is 10.8 Å². The number of nitrogen functional groups attached to an aromatic ring is 1. The van der Waals surface area contributed by atoms with E-state index in [9.17, 15) is 4.79 Å². The number of nitrogens with zero attached hydrogens (tertiary/aromatic N) is 5. The van der Waals surface area contributed by atoms with E-state index < -0.39 is 0 Å². The van der Waals surface area contributed by atoms with Crippen LogP contribution in [0.25, 0.3) is 28.7 Å². The molecule has 5 aromatic rings. The van der Waals surface area contributed by atoms with Crippen LogP contribution in [-0.4, -0.2) is 24.5 Å². The molecule has 5 rings (SSSR count). The fourth-order valence-corrected chi connectivity index (χ4v) is 4.72. The molecule has 0 bridgehead atoms. The second kappa shape index (κ2) is 10.9. The molecule has 1 unspecified atom stereocenters. The predicted molar refractivity (Wildman–Crippen MR) is 158 cm³/mol. The number of fused-ring (bicyclic) bond motifs is 1. The highest BCUT2D eigenvalue weighted by atomic mass is 16.1. The third-order valence-corrected chi connectivity index (χ3v) is 6.84. The summed E-state index contributed by atoms with van der Waals surface area (Å²) in [5.74, 6) is 1.34. The molecule has 1 atom stereocenters. The fourth-order valence-electron chi connectivity index (χ4n) is 4.72. The minimum absolute atomic E-state index is 0.106. The molecular formula is C31H31N7O. The normalized spacial score (nSPS) is 12.2. The Labute approximate surface area is 227 Å². The van der Waals surface area contributed by atoms with Gasteiger partial charge in [0.2, 0.25) is 5.95 Å². The SMILES string of the molecule is CCC(Nc1nc(N)nc(C)c1C=Cc1cnccc1C)c1nc2cccc(C)c2c(=O)n1-c1ccccc1. The van der Waals surface area contributed by atoms with E-state index in [4.69, 9.17) is 10.7 Å². The van der Waals surface area contributed by atoms with Gasteiger partial charge in [-0.05, 0) is 74.2 Å². The van der Waals surface area contributed by atoms with Crippen molar-refractivity contribution in [2.75, 3.05) is 11.1 Å². The smallest absolute Gasteiger partial charge is 0.266 e. The largest absolute Gasteiger partial charge is 0.368 e.